The predicted octanol–water partition coefficient (Wildman–Crippen LogP) is 3.26. The number of anilines is 1. The number of para-hydroxylation sites is 1. The van der Waals surface area contributed by atoms with Gasteiger partial charge in [0.05, 0.1) is 22.4 Å². The summed E-state index contributed by atoms with van der Waals surface area (Å²) in [6.45, 7) is 5.97. The second-order valence-corrected chi connectivity index (χ2v) is 6.80. The average Bonchev–Trinajstić information content (AvgIpc) is 3.12. The Balaban J connectivity index is 1.80. The monoisotopic (exact) mass is 330 g/mol. The van der Waals surface area contributed by atoms with Crippen LogP contribution in [0.15, 0.2) is 18.2 Å². The largest absolute Gasteiger partial charge is 0.322 e. The Labute approximate surface area is 137 Å². The lowest BCUT2D eigenvalue weighted by Crippen LogP contribution is -2.34. The van der Waals surface area contributed by atoms with Gasteiger partial charge in [0.15, 0.2) is 0 Å². The number of amides is 2. The number of carbonyl (C=O) groups is 1. The van der Waals surface area contributed by atoms with Crippen LogP contribution in [0.3, 0.4) is 0 Å². The summed E-state index contributed by atoms with van der Waals surface area (Å²) in [4.78, 5) is 19.8. The summed E-state index contributed by atoms with van der Waals surface area (Å²) in [6.07, 6.45) is 0. The molecule has 0 aliphatic carbocycles. The number of aryl methyl sites for hydroxylation is 2. The van der Waals surface area contributed by atoms with Crippen LogP contribution < -0.4 is 5.32 Å². The minimum Gasteiger partial charge on any atom is -0.319 e. The Morgan fingerprint density at radius 2 is 2.13 bits per heavy atom. The van der Waals surface area contributed by atoms with Crippen molar-refractivity contribution in [2.24, 2.45) is 0 Å². The molecule has 0 aliphatic rings. The van der Waals surface area contributed by atoms with Crippen LogP contribution in [0.4, 0.5) is 10.5 Å². The van der Waals surface area contributed by atoms with Crippen LogP contribution in [0, 0.1) is 13.8 Å². The minimum absolute atomic E-state index is 0.114. The number of aromatic nitrogens is 4. The SMILES string of the molecule is Cc1nc([C@H](C)N(C)C(=O)Nc2cccc3n[nH]nc23)c(C)s1. The summed E-state index contributed by atoms with van der Waals surface area (Å²) in [7, 11) is 1.76. The standard InChI is InChI=1S/C15H18N6OS/c1-8(13-9(2)23-10(3)16-13)21(4)15(22)17-11-6-5-7-12-14(11)19-20-18-12/h5-8H,1-4H3,(H,17,22)(H,18,19,20)/t8-/m0/s1. The first kappa shape index (κ1) is 15.4. The topological polar surface area (TPSA) is 86.8 Å². The number of benzene rings is 1. The second kappa shape index (κ2) is 5.96. The summed E-state index contributed by atoms with van der Waals surface area (Å²) in [6, 6.07) is 5.15. The van der Waals surface area contributed by atoms with E-state index in [1.165, 1.54) is 0 Å². The Morgan fingerprint density at radius 3 is 2.83 bits per heavy atom. The molecule has 1 aromatic carbocycles. The quantitative estimate of drug-likeness (QED) is 0.771. The number of hydrogen-bond acceptors (Lipinski definition) is 5. The van der Waals surface area contributed by atoms with Gasteiger partial charge in [0.25, 0.3) is 0 Å². The van der Waals surface area contributed by atoms with E-state index in [0.29, 0.717) is 16.7 Å². The smallest absolute Gasteiger partial charge is 0.319 e. The average molecular weight is 330 g/mol. The van der Waals surface area contributed by atoms with Crippen LogP contribution in [-0.4, -0.2) is 38.4 Å². The molecule has 2 heterocycles. The third-order valence-electron chi connectivity index (χ3n) is 3.83. The van der Waals surface area contributed by atoms with Gasteiger partial charge in [-0.05, 0) is 32.9 Å². The molecule has 23 heavy (non-hydrogen) atoms. The first-order chi connectivity index (χ1) is 11.0. The van der Waals surface area contributed by atoms with Crippen molar-refractivity contribution in [1.29, 1.82) is 0 Å². The van der Waals surface area contributed by atoms with Crippen LogP contribution >= 0.6 is 11.3 Å². The number of H-pyrrole nitrogens is 1. The number of fused-ring (bicyclic) bond motifs is 1. The highest BCUT2D eigenvalue weighted by atomic mass is 32.1. The summed E-state index contributed by atoms with van der Waals surface area (Å²) < 4.78 is 0. The molecule has 3 rings (SSSR count). The van der Waals surface area contributed by atoms with Gasteiger partial charge >= 0.3 is 6.03 Å². The molecule has 2 N–H and O–H groups in total. The molecular weight excluding hydrogens is 312 g/mol. The van der Waals surface area contributed by atoms with E-state index in [0.717, 1.165) is 15.6 Å². The first-order valence-electron chi connectivity index (χ1n) is 7.24. The molecule has 1 atom stereocenters. The highest BCUT2D eigenvalue weighted by Crippen LogP contribution is 2.27. The van der Waals surface area contributed by atoms with E-state index in [-0.39, 0.29) is 12.1 Å². The van der Waals surface area contributed by atoms with E-state index in [1.807, 2.05) is 32.9 Å². The van der Waals surface area contributed by atoms with Crippen molar-refractivity contribution >= 4 is 34.1 Å². The van der Waals surface area contributed by atoms with Gasteiger partial charge in [-0.1, -0.05) is 6.07 Å². The fourth-order valence-corrected chi connectivity index (χ4v) is 3.37. The number of hydrogen-bond donors (Lipinski definition) is 2. The van der Waals surface area contributed by atoms with Gasteiger partial charge in [0.2, 0.25) is 0 Å². The maximum absolute atomic E-state index is 12.5. The molecular formula is C15H18N6OS. The van der Waals surface area contributed by atoms with Gasteiger partial charge in [-0.25, -0.2) is 9.78 Å². The highest BCUT2D eigenvalue weighted by Gasteiger charge is 2.22. The van der Waals surface area contributed by atoms with E-state index in [1.54, 1.807) is 29.4 Å². The van der Waals surface area contributed by atoms with E-state index >= 15 is 0 Å². The fraction of sp³-hybridized carbons (Fsp3) is 0.333. The van der Waals surface area contributed by atoms with Crippen molar-refractivity contribution in [2.45, 2.75) is 26.8 Å². The van der Waals surface area contributed by atoms with Crippen molar-refractivity contribution in [3.05, 3.63) is 33.8 Å². The number of rotatable bonds is 3. The predicted molar refractivity (Wildman–Crippen MR) is 90.7 cm³/mol. The number of urea groups is 1. The van der Waals surface area contributed by atoms with E-state index in [9.17, 15) is 4.79 Å². The van der Waals surface area contributed by atoms with Crippen LogP contribution in [0.5, 0.6) is 0 Å². The van der Waals surface area contributed by atoms with E-state index in [2.05, 4.69) is 25.7 Å². The molecule has 8 heteroatoms. The lowest BCUT2D eigenvalue weighted by molar-refractivity contribution is 0.207. The molecule has 0 aliphatic heterocycles. The highest BCUT2D eigenvalue weighted by molar-refractivity contribution is 7.11. The van der Waals surface area contributed by atoms with Crippen LogP contribution in [-0.2, 0) is 0 Å². The number of nitrogens with zero attached hydrogens (tertiary/aromatic N) is 4. The zero-order valence-corrected chi connectivity index (χ0v) is 14.2. The molecule has 0 unspecified atom stereocenters. The van der Waals surface area contributed by atoms with E-state index in [4.69, 9.17) is 0 Å². The molecule has 2 aromatic heterocycles. The summed E-state index contributed by atoms with van der Waals surface area (Å²) in [5.74, 6) is 0. The molecule has 0 radical (unpaired) electrons. The van der Waals surface area contributed by atoms with Gasteiger partial charge in [-0.15, -0.1) is 11.3 Å². The van der Waals surface area contributed by atoms with Gasteiger partial charge < -0.3 is 10.2 Å². The normalized spacial score (nSPS) is 12.3. The third kappa shape index (κ3) is 2.89. The number of thiazole rings is 1. The summed E-state index contributed by atoms with van der Waals surface area (Å²) in [5.41, 5.74) is 2.92. The molecule has 120 valence electrons. The molecule has 0 spiro atoms. The van der Waals surface area contributed by atoms with Crippen molar-refractivity contribution in [3.8, 4) is 0 Å². The van der Waals surface area contributed by atoms with Crippen molar-refractivity contribution in [1.82, 2.24) is 25.3 Å². The maximum Gasteiger partial charge on any atom is 0.322 e. The molecule has 0 bridgehead atoms. The van der Waals surface area contributed by atoms with Gasteiger partial charge in [0, 0.05) is 11.9 Å². The molecule has 0 saturated heterocycles. The van der Waals surface area contributed by atoms with Crippen LogP contribution in [0.1, 0.15) is 28.5 Å². The van der Waals surface area contributed by atoms with Crippen molar-refractivity contribution in [3.63, 3.8) is 0 Å². The van der Waals surface area contributed by atoms with Crippen LogP contribution in [0.25, 0.3) is 11.0 Å². The van der Waals surface area contributed by atoms with Crippen LogP contribution in [0.2, 0.25) is 0 Å². The minimum atomic E-state index is -0.210. The molecule has 7 nitrogen and oxygen atoms in total. The Morgan fingerprint density at radius 1 is 1.35 bits per heavy atom. The summed E-state index contributed by atoms with van der Waals surface area (Å²) in [5, 5.41) is 14.5. The van der Waals surface area contributed by atoms with Gasteiger partial charge in [-0.2, -0.15) is 15.4 Å². The number of nitrogens with one attached hydrogen (secondary N) is 2. The first-order valence-corrected chi connectivity index (χ1v) is 8.06. The zero-order valence-electron chi connectivity index (χ0n) is 13.4. The van der Waals surface area contributed by atoms with Gasteiger partial charge in [0.1, 0.15) is 11.0 Å². The molecule has 0 fully saturated rings. The Bertz CT molecular complexity index is 855. The van der Waals surface area contributed by atoms with Crippen molar-refractivity contribution < 1.29 is 4.79 Å². The lowest BCUT2D eigenvalue weighted by atomic mass is 10.2. The fourth-order valence-electron chi connectivity index (χ4n) is 2.46. The molecule has 0 saturated carbocycles. The van der Waals surface area contributed by atoms with Crippen molar-refractivity contribution in [2.75, 3.05) is 12.4 Å². The lowest BCUT2D eigenvalue weighted by Gasteiger charge is -2.24. The second-order valence-electron chi connectivity index (χ2n) is 5.39. The summed E-state index contributed by atoms with van der Waals surface area (Å²) >= 11 is 1.64. The van der Waals surface area contributed by atoms with Gasteiger partial charge in [-0.3, -0.25) is 0 Å². The zero-order chi connectivity index (χ0) is 16.6. The number of carbonyl (C=O) groups excluding carboxylic acids is 1. The Hall–Kier alpha value is -2.48. The maximum atomic E-state index is 12.5. The van der Waals surface area contributed by atoms with E-state index < -0.39 is 0 Å². The number of aromatic amines is 1. The third-order valence-corrected chi connectivity index (χ3v) is 4.73. The Kier molecular flexibility index (Phi) is 3.99. The molecule has 2 amide bonds. The molecule has 3 aromatic rings.